The lowest BCUT2D eigenvalue weighted by Crippen LogP contribution is -2.55. The molecule has 0 spiro atoms. The van der Waals surface area contributed by atoms with E-state index in [9.17, 15) is 14.4 Å². The summed E-state index contributed by atoms with van der Waals surface area (Å²) < 4.78 is 5.45. The Bertz CT molecular complexity index is 860. The van der Waals surface area contributed by atoms with Crippen molar-refractivity contribution in [2.24, 2.45) is 11.1 Å². The van der Waals surface area contributed by atoms with Crippen molar-refractivity contribution in [3.05, 3.63) is 35.8 Å². The molecule has 9 heteroatoms. The molecule has 0 bridgehead atoms. The Balaban J connectivity index is 2.24. The van der Waals surface area contributed by atoms with Gasteiger partial charge in [0.2, 0.25) is 17.7 Å². The summed E-state index contributed by atoms with van der Waals surface area (Å²) in [5, 5.41) is 4.87. The summed E-state index contributed by atoms with van der Waals surface area (Å²) in [7, 11) is 0. The summed E-state index contributed by atoms with van der Waals surface area (Å²) in [6, 6.07) is 6.00. The van der Waals surface area contributed by atoms with E-state index in [-0.39, 0.29) is 24.7 Å². The first kappa shape index (κ1) is 23.3. The number of carbonyl (C=O) groups is 3. The molecule has 1 unspecified atom stereocenters. The van der Waals surface area contributed by atoms with E-state index in [2.05, 4.69) is 10.3 Å². The third-order valence-corrected chi connectivity index (χ3v) is 4.98. The third kappa shape index (κ3) is 6.28. The normalized spacial score (nSPS) is 12.1. The van der Waals surface area contributed by atoms with Crippen LogP contribution in [0.25, 0.3) is 0 Å². The first-order chi connectivity index (χ1) is 14.1. The predicted molar refractivity (Wildman–Crippen MR) is 118 cm³/mol. The maximum Gasteiger partial charge on any atom is 0.241 e. The maximum atomic E-state index is 13.1. The molecule has 1 aromatic heterocycles. The Morgan fingerprint density at radius 2 is 1.87 bits per heavy atom. The molecule has 0 fully saturated rings. The second kappa shape index (κ2) is 10.2. The van der Waals surface area contributed by atoms with Crippen LogP contribution in [0.3, 0.4) is 0 Å². The van der Waals surface area contributed by atoms with Crippen LogP contribution in [0.5, 0.6) is 5.75 Å². The lowest BCUT2D eigenvalue weighted by molar-refractivity contribution is -0.127. The zero-order chi connectivity index (χ0) is 22.3. The Hall–Kier alpha value is -2.94. The minimum absolute atomic E-state index is 0.0401. The second-order valence-corrected chi connectivity index (χ2v) is 8.64. The Morgan fingerprint density at radius 3 is 2.37 bits per heavy atom. The van der Waals surface area contributed by atoms with Crippen LogP contribution < -0.4 is 20.7 Å². The van der Waals surface area contributed by atoms with Crippen molar-refractivity contribution in [3.8, 4) is 5.75 Å². The number of nitrogens with two attached hydrogens (primary N) is 1. The van der Waals surface area contributed by atoms with Crippen LogP contribution in [0.15, 0.2) is 35.8 Å². The van der Waals surface area contributed by atoms with Crippen LogP contribution >= 0.6 is 11.3 Å². The molecule has 162 valence electrons. The zero-order valence-electron chi connectivity index (χ0n) is 17.7. The van der Waals surface area contributed by atoms with Gasteiger partial charge in [-0.05, 0) is 36.6 Å². The smallest absolute Gasteiger partial charge is 0.241 e. The fourth-order valence-corrected chi connectivity index (χ4v) is 3.60. The number of hydrogen-bond donors (Lipinski definition) is 2. The third-order valence-electron chi connectivity index (χ3n) is 4.29. The first-order valence-corrected chi connectivity index (χ1v) is 10.5. The molecule has 1 aromatic carbocycles. The molecular formula is C21H28N4O4S. The van der Waals surface area contributed by atoms with Gasteiger partial charge in [-0.15, -0.1) is 11.3 Å². The van der Waals surface area contributed by atoms with Crippen LogP contribution in [-0.2, 0) is 14.4 Å². The van der Waals surface area contributed by atoms with Crippen molar-refractivity contribution in [1.82, 2.24) is 4.98 Å². The molecule has 0 aliphatic rings. The molecule has 30 heavy (non-hydrogen) atoms. The summed E-state index contributed by atoms with van der Waals surface area (Å²) in [4.78, 5) is 43.0. The minimum atomic E-state index is -0.884. The molecule has 8 nitrogen and oxygen atoms in total. The van der Waals surface area contributed by atoms with Crippen molar-refractivity contribution in [2.45, 2.75) is 46.6 Å². The number of thiazole rings is 1. The fraction of sp³-hybridized carbons (Fsp3) is 0.429. The Morgan fingerprint density at radius 1 is 1.20 bits per heavy atom. The lowest BCUT2D eigenvalue weighted by Gasteiger charge is -2.38. The number of ether oxygens (including phenoxy) is 1. The van der Waals surface area contributed by atoms with Crippen molar-refractivity contribution in [2.75, 3.05) is 16.8 Å². The second-order valence-electron chi connectivity index (χ2n) is 7.75. The van der Waals surface area contributed by atoms with Crippen LogP contribution in [0, 0.1) is 5.41 Å². The highest BCUT2D eigenvalue weighted by Gasteiger charge is 2.38. The fourth-order valence-electron chi connectivity index (χ4n) is 3.06. The lowest BCUT2D eigenvalue weighted by atomic mass is 9.84. The molecule has 0 aliphatic heterocycles. The average Bonchev–Trinajstić information content (AvgIpc) is 3.16. The van der Waals surface area contributed by atoms with E-state index in [1.54, 1.807) is 35.8 Å². The molecule has 0 saturated heterocycles. The van der Waals surface area contributed by atoms with Gasteiger partial charge in [0.1, 0.15) is 11.8 Å². The van der Waals surface area contributed by atoms with Crippen molar-refractivity contribution >= 4 is 39.9 Å². The standard InChI is InChI=1S/C21H28N4O4S/c1-5-29-15-8-6-14(7-9-15)25(18(19(22)28)21(2,3)4)17(27)11-10-16(26)24-20-23-12-13-30-20/h6-9,12-13,18H,5,10-11H2,1-4H3,(H2,22,28)(H,23,24,26). The molecule has 1 heterocycles. The molecule has 2 aromatic rings. The number of rotatable bonds is 9. The summed E-state index contributed by atoms with van der Waals surface area (Å²) in [5.41, 5.74) is 5.59. The van der Waals surface area contributed by atoms with E-state index >= 15 is 0 Å². The number of amides is 3. The van der Waals surface area contributed by atoms with Gasteiger partial charge in [0.15, 0.2) is 5.13 Å². The molecule has 3 N–H and O–H groups in total. The number of aromatic nitrogens is 1. The van der Waals surface area contributed by atoms with Gasteiger partial charge >= 0.3 is 0 Å². The molecular weight excluding hydrogens is 404 g/mol. The minimum Gasteiger partial charge on any atom is -0.494 e. The van der Waals surface area contributed by atoms with Crippen molar-refractivity contribution in [3.63, 3.8) is 0 Å². The zero-order valence-corrected chi connectivity index (χ0v) is 18.5. The summed E-state index contributed by atoms with van der Waals surface area (Å²) in [6.45, 7) is 7.91. The number of anilines is 2. The largest absolute Gasteiger partial charge is 0.494 e. The highest BCUT2D eigenvalue weighted by atomic mass is 32.1. The number of hydrogen-bond acceptors (Lipinski definition) is 6. The highest BCUT2D eigenvalue weighted by molar-refractivity contribution is 7.13. The number of primary amides is 1. The Labute approximate surface area is 180 Å². The van der Waals surface area contributed by atoms with Gasteiger partial charge in [0, 0.05) is 30.1 Å². The van der Waals surface area contributed by atoms with Crippen molar-refractivity contribution in [1.29, 1.82) is 0 Å². The molecule has 0 aliphatic carbocycles. The van der Waals surface area contributed by atoms with Gasteiger partial charge in [-0.3, -0.25) is 19.3 Å². The van der Waals surface area contributed by atoms with Crippen LogP contribution in [0.1, 0.15) is 40.5 Å². The van der Waals surface area contributed by atoms with E-state index < -0.39 is 17.4 Å². The highest BCUT2D eigenvalue weighted by Crippen LogP contribution is 2.31. The Kier molecular flexibility index (Phi) is 7.93. The van der Waals surface area contributed by atoms with Gasteiger partial charge in [-0.2, -0.15) is 0 Å². The van der Waals surface area contributed by atoms with Gasteiger partial charge in [-0.1, -0.05) is 20.8 Å². The van der Waals surface area contributed by atoms with Gasteiger partial charge in [0.25, 0.3) is 0 Å². The maximum absolute atomic E-state index is 13.1. The van der Waals surface area contributed by atoms with E-state index in [0.29, 0.717) is 23.2 Å². The monoisotopic (exact) mass is 432 g/mol. The van der Waals surface area contributed by atoms with E-state index in [1.165, 1.54) is 16.2 Å². The first-order valence-electron chi connectivity index (χ1n) is 9.67. The summed E-state index contributed by atoms with van der Waals surface area (Å²) >= 11 is 1.29. The number of nitrogens with zero attached hydrogens (tertiary/aromatic N) is 2. The predicted octanol–water partition coefficient (Wildman–Crippen LogP) is 3.19. The molecule has 1 atom stereocenters. The van der Waals surface area contributed by atoms with Crippen LogP contribution in [0.4, 0.5) is 10.8 Å². The van der Waals surface area contributed by atoms with E-state index in [1.807, 2.05) is 27.7 Å². The molecule has 2 rings (SSSR count). The number of benzene rings is 1. The number of nitrogens with one attached hydrogen (secondary N) is 1. The summed E-state index contributed by atoms with van der Waals surface area (Å²) in [6.07, 6.45) is 1.46. The van der Waals surface area contributed by atoms with Crippen molar-refractivity contribution < 1.29 is 19.1 Å². The average molecular weight is 433 g/mol. The molecule has 0 saturated carbocycles. The van der Waals surface area contributed by atoms with Gasteiger partial charge < -0.3 is 15.8 Å². The van der Waals surface area contributed by atoms with Crippen LogP contribution in [0.2, 0.25) is 0 Å². The van der Waals surface area contributed by atoms with E-state index in [4.69, 9.17) is 10.5 Å². The SMILES string of the molecule is CCOc1ccc(N(C(=O)CCC(=O)Nc2nccs2)C(C(N)=O)C(C)(C)C)cc1. The van der Waals surface area contributed by atoms with Crippen LogP contribution in [-0.4, -0.2) is 35.4 Å². The summed E-state index contributed by atoms with van der Waals surface area (Å²) in [5.74, 6) is -0.650. The number of carbonyl (C=O) groups excluding carboxylic acids is 3. The molecule has 0 radical (unpaired) electrons. The quantitative estimate of drug-likeness (QED) is 0.631. The molecule has 3 amide bonds. The van der Waals surface area contributed by atoms with E-state index in [0.717, 1.165) is 0 Å². The van der Waals surface area contributed by atoms with Gasteiger partial charge in [-0.25, -0.2) is 4.98 Å². The topological polar surface area (TPSA) is 115 Å². The van der Waals surface area contributed by atoms with Gasteiger partial charge in [0.05, 0.1) is 6.61 Å².